The van der Waals surface area contributed by atoms with Gasteiger partial charge in [-0.25, -0.2) is 9.97 Å². The minimum absolute atomic E-state index is 0.594. The van der Waals surface area contributed by atoms with Crippen LogP contribution in [0, 0.1) is 0 Å². The third-order valence-electron chi connectivity index (χ3n) is 6.00. The lowest BCUT2D eigenvalue weighted by Crippen LogP contribution is -1.98. The molecule has 0 aliphatic rings. The molecule has 0 aliphatic heterocycles. The van der Waals surface area contributed by atoms with Crippen LogP contribution in [0.5, 0.6) is 0 Å². The van der Waals surface area contributed by atoms with Crippen molar-refractivity contribution < 1.29 is 0 Å². The van der Waals surface area contributed by atoms with Crippen LogP contribution in [0.25, 0.3) is 39.4 Å². The van der Waals surface area contributed by atoms with Crippen LogP contribution in [0.2, 0.25) is 0 Å². The van der Waals surface area contributed by atoms with E-state index >= 15 is 0 Å². The van der Waals surface area contributed by atoms with Gasteiger partial charge in [-0.15, -0.1) is 0 Å². The summed E-state index contributed by atoms with van der Waals surface area (Å²) in [6.07, 6.45) is 2.98. The van der Waals surface area contributed by atoms with Crippen LogP contribution in [0.3, 0.4) is 0 Å². The predicted octanol–water partition coefficient (Wildman–Crippen LogP) is 7.27. The molecule has 0 aliphatic carbocycles. The average Bonchev–Trinajstić information content (AvgIpc) is 3.24. The van der Waals surface area contributed by atoms with E-state index in [2.05, 4.69) is 84.1 Å². The van der Waals surface area contributed by atoms with Gasteiger partial charge in [-0.05, 0) is 53.3 Å². The molecule has 2 heterocycles. The lowest BCUT2D eigenvalue weighted by molar-refractivity contribution is 0.734. The molecule has 0 fully saturated rings. The van der Waals surface area contributed by atoms with Crippen LogP contribution in [0.4, 0.5) is 0 Å². The van der Waals surface area contributed by atoms with Gasteiger partial charge in [0.05, 0.1) is 0 Å². The number of hydrogen-bond acceptors (Lipinski definition) is 2. The number of hydrogen-bond donors (Lipinski definition) is 0. The highest BCUT2D eigenvalue weighted by molar-refractivity contribution is 5.80. The molecule has 1 atom stereocenters. The summed E-state index contributed by atoms with van der Waals surface area (Å²) in [7, 11) is 0. The Hall–Kier alpha value is -3.72. The van der Waals surface area contributed by atoms with Crippen molar-refractivity contribution in [2.24, 2.45) is 0 Å². The molecule has 2 aromatic heterocycles. The van der Waals surface area contributed by atoms with Crippen LogP contribution in [-0.2, 0) is 0 Å². The fourth-order valence-electron chi connectivity index (χ4n) is 3.98. The lowest BCUT2D eigenvalue weighted by Gasteiger charge is -2.11. The first-order valence-electron chi connectivity index (χ1n) is 10.8. The van der Waals surface area contributed by atoms with Crippen LogP contribution < -0.4 is 0 Å². The minimum Gasteiger partial charge on any atom is -0.277 e. The maximum atomic E-state index is 4.90. The summed E-state index contributed by atoms with van der Waals surface area (Å²) in [5.74, 6) is 1.49. The van der Waals surface area contributed by atoms with E-state index in [-0.39, 0.29) is 0 Å². The van der Waals surface area contributed by atoms with Gasteiger partial charge in [0.25, 0.3) is 0 Å². The van der Waals surface area contributed by atoms with Gasteiger partial charge < -0.3 is 0 Å². The van der Waals surface area contributed by atoms with Gasteiger partial charge in [0.2, 0.25) is 0 Å². The summed E-state index contributed by atoms with van der Waals surface area (Å²) in [4.78, 5) is 9.50. The highest BCUT2D eigenvalue weighted by Crippen LogP contribution is 2.30. The van der Waals surface area contributed by atoms with E-state index in [4.69, 9.17) is 4.98 Å². The molecule has 0 radical (unpaired) electrons. The number of benzene rings is 3. The van der Waals surface area contributed by atoms with Crippen molar-refractivity contribution in [1.82, 2.24) is 14.5 Å². The summed E-state index contributed by atoms with van der Waals surface area (Å²) >= 11 is 0. The molecule has 3 nitrogen and oxygen atoms in total. The van der Waals surface area contributed by atoms with Gasteiger partial charge in [-0.3, -0.25) is 4.57 Å². The van der Waals surface area contributed by atoms with Gasteiger partial charge in [0, 0.05) is 17.4 Å². The maximum absolute atomic E-state index is 4.90. The van der Waals surface area contributed by atoms with Crippen molar-refractivity contribution in [2.75, 3.05) is 0 Å². The topological polar surface area (TPSA) is 30.7 Å². The molecule has 31 heavy (non-hydrogen) atoms. The lowest BCUT2D eigenvalue weighted by atomic mass is 9.95. The van der Waals surface area contributed by atoms with Gasteiger partial charge >= 0.3 is 0 Å². The van der Waals surface area contributed by atoms with Crippen molar-refractivity contribution >= 4 is 11.2 Å². The van der Waals surface area contributed by atoms with Crippen molar-refractivity contribution in [2.45, 2.75) is 26.2 Å². The molecule has 0 amide bonds. The Kier molecular flexibility index (Phi) is 5.09. The second kappa shape index (κ2) is 8.19. The predicted molar refractivity (Wildman–Crippen MR) is 128 cm³/mol. The molecule has 0 bridgehead atoms. The standard InChI is InChI=1S/C28H25N3/c1-3-20(2)21-11-13-22(14-12-21)23-15-17-24(18-16-23)27-30-26-10-7-19-29-28(26)31(27)25-8-5-4-6-9-25/h4-20H,3H2,1-2H3. The van der Waals surface area contributed by atoms with Crippen LogP contribution in [-0.4, -0.2) is 14.5 Å². The molecule has 0 N–H and O–H groups in total. The number of para-hydroxylation sites is 1. The Balaban J connectivity index is 1.55. The summed E-state index contributed by atoms with van der Waals surface area (Å²) in [6.45, 7) is 4.51. The van der Waals surface area contributed by atoms with E-state index in [0.29, 0.717) is 5.92 Å². The zero-order chi connectivity index (χ0) is 21.2. The molecule has 0 saturated heterocycles. The van der Waals surface area contributed by atoms with Gasteiger partial charge in [-0.2, -0.15) is 0 Å². The third-order valence-corrected chi connectivity index (χ3v) is 6.00. The number of nitrogens with zero attached hydrogens (tertiary/aromatic N) is 3. The summed E-state index contributed by atoms with van der Waals surface area (Å²) < 4.78 is 2.13. The average molecular weight is 404 g/mol. The summed E-state index contributed by atoms with van der Waals surface area (Å²) in [6, 6.07) is 31.8. The van der Waals surface area contributed by atoms with Crippen LogP contribution in [0.15, 0.2) is 97.2 Å². The van der Waals surface area contributed by atoms with Gasteiger partial charge in [0.1, 0.15) is 11.3 Å². The monoisotopic (exact) mass is 403 g/mol. The second-order valence-electron chi connectivity index (χ2n) is 7.96. The molecular formula is C28H25N3. The van der Waals surface area contributed by atoms with Crippen molar-refractivity contribution in [3.05, 3.63) is 103 Å². The number of pyridine rings is 1. The number of aromatic nitrogens is 3. The fraction of sp³-hybridized carbons (Fsp3) is 0.143. The largest absolute Gasteiger partial charge is 0.277 e. The molecule has 5 rings (SSSR count). The molecule has 3 heteroatoms. The number of rotatable bonds is 5. The Bertz CT molecular complexity index is 1300. The van der Waals surface area contributed by atoms with E-state index < -0.39 is 0 Å². The van der Waals surface area contributed by atoms with E-state index in [1.807, 2.05) is 36.5 Å². The quantitative estimate of drug-likeness (QED) is 0.309. The third kappa shape index (κ3) is 3.64. The fourth-order valence-corrected chi connectivity index (χ4v) is 3.98. The second-order valence-corrected chi connectivity index (χ2v) is 7.96. The Labute approximate surface area is 183 Å². The summed E-state index contributed by atoms with van der Waals surface area (Å²) in [5.41, 5.74) is 7.73. The Morgan fingerprint density at radius 3 is 2.06 bits per heavy atom. The first kappa shape index (κ1) is 19.3. The van der Waals surface area contributed by atoms with Crippen molar-refractivity contribution in [3.63, 3.8) is 0 Å². The molecule has 0 spiro atoms. The van der Waals surface area contributed by atoms with E-state index in [1.54, 1.807) is 0 Å². The molecule has 0 saturated carbocycles. The first-order valence-corrected chi connectivity index (χ1v) is 10.8. The Morgan fingerprint density at radius 1 is 0.742 bits per heavy atom. The number of fused-ring (bicyclic) bond motifs is 1. The van der Waals surface area contributed by atoms with Crippen molar-refractivity contribution in [3.8, 4) is 28.2 Å². The Morgan fingerprint density at radius 2 is 1.39 bits per heavy atom. The van der Waals surface area contributed by atoms with E-state index in [1.165, 1.54) is 16.7 Å². The number of imidazole rings is 1. The zero-order valence-corrected chi connectivity index (χ0v) is 17.9. The molecule has 1 unspecified atom stereocenters. The highest BCUT2D eigenvalue weighted by atomic mass is 15.1. The molecule has 5 aromatic rings. The molecule has 3 aromatic carbocycles. The minimum atomic E-state index is 0.594. The maximum Gasteiger partial charge on any atom is 0.164 e. The van der Waals surface area contributed by atoms with Gasteiger partial charge in [0.15, 0.2) is 5.65 Å². The highest BCUT2D eigenvalue weighted by Gasteiger charge is 2.15. The SMILES string of the molecule is CCC(C)c1ccc(-c2ccc(-c3nc4cccnc4n3-c3ccccc3)cc2)cc1. The van der Waals surface area contributed by atoms with Crippen LogP contribution >= 0.6 is 0 Å². The van der Waals surface area contributed by atoms with Gasteiger partial charge in [-0.1, -0.05) is 80.6 Å². The first-order chi connectivity index (χ1) is 15.2. The summed E-state index contributed by atoms with van der Waals surface area (Å²) in [5, 5.41) is 0. The normalized spacial score (nSPS) is 12.2. The van der Waals surface area contributed by atoms with E-state index in [0.717, 1.165) is 34.7 Å². The molecular weight excluding hydrogens is 378 g/mol. The van der Waals surface area contributed by atoms with Crippen LogP contribution in [0.1, 0.15) is 31.7 Å². The van der Waals surface area contributed by atoms with Crippen molar-refractivity contribution in [1.29, 1.82) is 0 Å². The smallest absolute Gasteiger partial charge is 0.164 e. The van der Waals surface area contributed by atoms with E-state index in [9.17, 15) is 0 Å². The zero-order valence-electron chi connectivity index (χ0n) is 17.9. The molecule has 152 valence electrons.